The summed E-state index contributed by atoms with van der Waals surface area (Å²) in [6, 6.07) is 10.5. The number of benzene rings is 1. The van der Waals surface area contributed by atoms with Gasteiger partial charge in [0.15, 0.2) is 5.96 Å². The Kier molecular flexibility index (Phi) is 9.77. The van der Waals surface area contributed by atoms with Gasteiger partial charge >= 0.3 is 0 Å². The molecule has 2 rings (SSSR count). The number of hydrogen-bond donors (Lipinski definition) is 2. The molecule has 0 spiro atoms. The predicted octanol–water partition coefficient (Wildman–Crippen LogP) is 2.44. The van der Waals surface area contributed by atoms with Crippen LogP contribution in [0.15, 0.2) is 40.2 Å². The maximum atomic E-state index is 5.38. The highest BCUT2D eigenvalue weighted by atomic mass is 32.2. The van der Waals surface area contributed by atoms with Crippen molar-refractivity contribution in [3.8, 4) is 0 Å². The van der Waals surface area contributed by atoms with Gasteiger partial charge in [0.25, 0.3) is 0 Å². The molecule has 1 aliphatic rings. The highest BCUT2D eigenvalue weighted by Crippen LogP contribution is 2.21. The van der Waals surface area contributed by atoms with Crippen LogP contribution in [0.3, 0.4) is 0 Å². The Labute approximate surface area is 156 Å². The number of unbranched alkanes of at least 4 members (excludes halogenated alkanes) is 1. The Morgan fingerprint density at radius 2 is 1.96 bits per heavy atom. The van der Waals surface area contributed by atoms with E-state index in [9.17, 15) is 0 Å². The first-order valence-corrected chi connectivity index (χ1v) is 10.1. The van der Waals surface area contributed by atoms with Gasteiger partial charge < -0.3 is 15.4 Å². The lowest BCUT2D eigenvalue weighted by Crippen LogP contribution is -2.40. The van der Waals surface area contributed by atoms with E-state index < -0.39 is 0 Å². The van der Waals surface area contributed by atoms with Crippen molar-refractivity contribution < 1.29 is 4.74 Å². The van der Waals surface area contributed by atoms with Crippen molar-refractivity contribution in [2.75, 3.05) is 53.0 Å². The molecule has 140 valence electrons. The number of nitrogens with one attached hydrogen (secondary N) is 2. The second kappa shape index (κ2) is 12.2. The minimum absolute atomic E-state index is 0.488. The number of rotatable bonds is 9. The molecule has 25 heavy (non-hydrogen) atoms. The van der Waals surface area contributed by atoms with Crippen LogP contribution in [-0.4, -0.2) is 69.1 Å². The predicted molar refractivity (Wildman–Crippen MR) is 108 cm³/mol. The summed E-state index contributed by atoms with van der Waals surface area (Å²) < 4.78 is 5.38. The standard InChI is InChI=1S/C19H32N4OS/c1-17(25-18-8-4-3-5-9-18)16-22-19(20-2)21-10-6-7-11-23-12-14-24-15-13-23/h3-5,8-9,17H,6-7,10-16H2,1-2H3,(H2,20,21,22). The molecule has 1 heterocycles. The van der Waals surface area contributed by atoms with Crippen LogP contribution in [0.5, 0.6) is 0 Å². The Hall–Kier alpha value is -1.24. The molecule has 1 fully saturated rings. The molecule has 0 aliphatic carbocycles. The third-order valence-corrected chi connectivity index (χ3v) is 5.27. The van der Waals surface area contributed by atoms with Crippen molar-refractivity contribution in [1.82, 2.24) is 15.5 Å². The molecule has 2 N–H and O–H groups in total. The summed E-state index contributed by atoms with van der Waals surface area (Å²) in [6.45, 7) is 9.18. The normalized spacial score (nSPS) is 17.3. The largest absolute Gasteiger partial charge is 0.379 e. The van der Waals surface area contributed by atoms with E-state index in [2.05, 4.69) is 57.8 Å². The lowest BCUT2D eigenvalue weighted by atomic mass is 10.3. The third-order valence-electron chi connectivity index (χ3n) is 4.16. The van der Waals surface area contributed by atoms with Crippen LogP contribution in [0.2, 0.25) is 0 Å². The summed E-state index contributed by atoms with van der Waals surface area (Å²) in [4.78, 5) is 8.11. The van der Waals surface area contributed by atoms with Crippen LogP contribution in [0, 0.1) is 0 Å². The fourth-order valence-corrected chi connectivity index (χ4v) is 3.67. The van der Waals surface area contributed by atoms with E-state index in [1.54, 1.807) is 0 Å². The first kappa shape index (κ1) is 20.1. The highest BCUT2D eigenvalue weighted by molar-refractivity contribution is 8.00. The van der Waals surface area contributed by atoms with Gasteiger partial charge in [-0.3, -0.25) is 9.89 Å². The van der Waals surface area contributed by atoms with E-state index in [1.165, 1.54) is 17.9 Å². The molecule has 0 bridgehead atoms. The topological polar surface area (TPSA) is 48.9 Å². The molecule has 0 amide bonds. The highest BCUT2D eigenvalue weighted by Gasteiger charge is 2.09. The van der Waals surface area contributed by atoms with E-state index >= 15 is 0 Å². The minimum Gasteiger partial charge on any atom is -0.379 e. The summed E-state index contributed by atoms with van der Waals surface area (Å²) in [5, 5.41) is 7.32. The molecular weight excluding hydrogens is 332 g/mol. The van der Waals surface area contributed by atoms with Crippen LogP contribution in [0.1, 0.15) is 19.8 Å². The summed E-state index contributed by atoms with van der Waals surface area (Å²) in [5.74, 6) is 0.895. The van der Waals surface area contributed by atoms with E-state index in [4.69, 9.17) is 4.74 Å². The van der Waals surface area contributed by atoms with E-state index in [0.717, 1.165) is 51.8 Å². The second-order valence-corrected chi connectivity index (χ2v) is 7.79. The zero-order valence-corrected chi connectivity index (χ0v) is 16.4. The van der Waals surface area contributed by atoms with Crippen molar-refractivity contribution in [2.24, 2.45) is 4.99 Å². The van der Waals surface area contributed by atoms with Crippen molar-refractivity contribution in [3.63, 3.8) is 0 Å². The number of nitrogens with zero attached hydrogens (tertiary/aromatic N) is 2. The van der Waals surface area contributed by atoms with Crippen LogP contribution in [0.25, 0.3) is 0 Å². The van der Waals surface area contributed by atoms with Crippen molar-refractivity contribution in [3.05, 3.63) is 30.3 Å². The zero-order valence-electron chi connectivity index (χ0n) is 15.5. The van der Waals surface area contributed by atoms with Gasteiger partial charge in [-0.25, -0.2) is 0 Å². The molecule has 0 saturated carbocycles. The summed E-state index contributed by atoms with van der Waals surface area (Å²) >= 11 is 1.88. The van der Waals surface area contributed by atoms with Gasteiger partial charge in [0.2, 0.25) is 0 Å². The van der Waals surface area contributed by atoms with Gasteiger partial charge in [0.05, 0.1) is 13.2 Å². The molecule has 1 saturated heterocycles. The van der Waals surface area contributed by atoms with Crippen LogP contribution in [-0.2, 0) is 4.74 Å². The monoisotopic (exact) mass is 364 g/mol. The molecule has 1 aromatic carbocycles. The van der Waals surface area contributed by atoms with Crippen molar-refractivity contribution in [1.29, 1.82) is 0 Å². The van der Waals surface area contributed by atoms with Gasteiger partial charge in [0.1, 0.15) is 0 Å². The van der Waals surface area contributed by atoms with Crippen LogP contribution in [0.4, 0.5) is 0 Å². The summed E-state index contributed by atoms with van der Waals surface area (Å²) in [5.41, 5.74) is 0. The number of guanidine groups is 1. The lowest BCUT2D eigenvalue weighted by Gasteiger charge is -2.26. The van der Waals surface area contributed by atoms with E-state index in [0.29, 0.717) is 5.25 Å². The summed E-state index contributed by atoms with van der Waals surface area (Å²) in [6.07, 6.45) is 2.37. The van der Waals surface area contributed by atoms with Gasteiger partial charge in [-0.2, -0.15) is 0 Å². The van der Waals surface area contributed by atoms with Crippen LogP contribution < -0.4 is 10.6 Å². The lowest BCUT2D eigenvalue weighted by molar-refractivity contribution is 0.0372. The number of aliphatic imine (C=N–C) groups is 1. The maximum absolute atomic E-state index is 5.38. The quantitative estimate of drug-likeness (QED) is 0.305. The molecule has 0 radical (unpaired) electrons. The Morgan fingerprint density at radius 3 is 2.68 bits per heavy atom. The first-order valence-electron chi connectivity index (χ1n) is 9.24. The van der Waals surface area contributed by atoms with Gasteiger partial charge in [0, 0.05) is 43.4 Å². The Bertz CT molecular complexity index is 491. The molecular formula is C19H32N4OS. The fourth-order valence-electron chi connectivity index (χ4n) is 2.73. The number of hydrogen-bond acceptors (Lipinski definition) is 4. The van der Waals surface area contributed by atoms with Gasteiger partial charge in [-0.15, -0.1) is 11.8 Å². The molecule has 0 aromatic heterocycles. The molecule has 1 unspecified atom stereocenters. The smallest absolute Gasteiger partial charge is 0.191 e. The average Bonchev–Trinajstić information content (AvgIpc) is 2.65. The zero-order chi connectivity index (χ0) is 17.7. The van der Waals surface area contributed by atoms with Gasteiger partial charge in [-0.05, 0) is 31.5 Å². The SMILES string of the molecule is CN=C(NCCCCN1CCOCC1)NCC(C)Sc1ccccc1. The minimum atomic E-state index is 0.488. The molecule has 6 heteroatoms. The van der Waals surface area contributed by atoms with Crippen molar-refractivity contribution >= 4 is 17.7 Å². The second-order valence-electron chi connectivity index (χ2n) is 6.28. The molecule has 1 atom stereocenters. The molecule has 5 nitrogen and oxygen atoms in total. The van der Waals surface area contributed by atoms with Gasteiger partial charge in [-0.1, -0.05) is 25.1 Å². The first-order chi connectivity index (χ1) is 12.3. The molecule has 1 aliphatic heterocycles. The number of morpholine rings is 1. The number of ether oxygens (including phenoxy) is 1. The van der Waals surface area contributed by atoms with Crippen molar-refractivity contribution in [2.45, 2.75) is 29.9 Å². The number of thioether (sulfide) groups is 1. The average molecular weight is 365 g/mol. The van der Waals surface area contributed by atoms with E-state index in [-0.39, 0.29) is 0 Å². The van der Waals surface area contributed by atoms with E-state index in [1.807, 2.05) is 18.8 Å². The van der Waals surface area contributed by atoms with Crippen LogP contribution >= 0.6 is 11.8 Å². The fraction of sp³-hybridized carbons (Fsp3) is 0.632. The Balaban J connectivity index is 1.54. The Morgan fingerprint density at radius 1 is 1.20 bits per heavy atom. The summed E-state index contributed by atoms with van der Waals surface area (Å²) in [7, 11) is 1.83. The molecule has 1 aromatic rings. The third kappa shape index (κ3) is 8.61. The maximum Gasteiger partial charge on any atom is 0.191 e.